The van der Waals surface area contributed by atoms with Gasteiger partial charge in [-0.3, -0.25) is 4.79 Å². The van der Waals surface area contributed by atoms with E-state index in [0.717, 1.165) is 37.9 Å². The van der Waals surface area contributed by atoms with Crippen LogP contribution in [0, 0.1) is 17.3 Å². The average molecular weight is 421 g/mol. The molecule has 3 saturated carbocycles. The number of rotatable bonds is 6. The Morgan fingerprint density at radius 3 is 2.07 bits per heavy atom. The highest BCUT2D eigenvalue weighted by atomic mass is 16.7. The Labute approximate surface area is 182 Å². The summed E-state index contributed by atoms with van der Waals surface area (Å²) in [5.74, 6) is 0.913. The van der Waals surface area contributed by atoms with Gasteiger partial charge in [0.2, 0.25) is 0 Å². The molecule has 0 spiro atoms. The molecule has 3 aliphatic rings. The summed E-state index contributed by atoms with van der Waals surface area (Å²) < 4.78 is 10.1. The lowest BCUT2D eigenvalue weighted by Gasteiger charge is -2.64. The largest absolute Gasteiger partial charge is 0.390 e. The molecule has 3 aliphatic carbocycles. The average Bonchev–Trinajstić information content (AvgIpc) is 2.70. The van der Waals surface area contributed by atoms with E-state index < -0.39 is 11.7 Å². The Morgan fingerprint density at radius 2 is 1.67 bits per heavy atom. The molecule has 2 bridgehead atoms. The number of aliphatic hydroxyl groups is 2. The predicted octanol–water partition coefficient (Wildman–Crippen LogP) is 4.47. The standard InChI is InChI=1S/C10H18O2.C9H8O.C6H14O2/c1-9(2)6-4-7(9)10(3,12)8(11)5-6;10-8-4-7-9-5-2-1-3-6-9;1-4-7-6(3)8-5-2/h6-8,11-12H,4-5H2,1-3H3;1-8H;6H,4-5H2,1-3H3/b;7-4+;. The summed E-state index contributed by atoms with van der Waals surface area (Å²) >= 11 is 0. The molecule has 1 aromatic rings. The minimum Gasteiger partial charge on any atom is -0.390 e. The number of allylic oxidation sites excluding steroid dienone is 1. The molecule has 0 saturated heterocycles. The van der Waals surface area contributed by atoms with Crippen LogP contribution in [0.4, 0.5) is 0 Å². The maximum atomic E-state index is 10.0. The number of aldehydes is 1. The van der Waals surface area contributed by atoms with Gasteiger partial charge < -0.3 is 19.7 Å². The predicted molar refractivity (Wildman–Crippen MR) is 121 cm³/mol. The number of benzene rings is 1. The molecule has 2 N–H and O–H groups in total. The molecule has 5 nitrogen and oxygen atoms in total. The topological polar surface area (TPSA) is 76.0 Å². The second-order valence-corrected chi connectivity index (χ2v) is 8.67. The first-order chi connectivity index (χ1) is 14.1. The number of hydrogen-bond acceptors (Lipinski definition) is 5. The lowest BCUT2D eigenvalue weighted by atomic mass is 9.43. The summed E-state index contributed by atoms with van der Waals surface area (Å²) in [6, 6.07) is 9.70. The minimum absolute atomic E-state index is 0.0370. The first kappa shape index (κ1) is 26.5. The van der Waals surface area contributed by atoms with E-state index >= 15 is 0 Å². The Morgan fingerprint density at radius 1 is 1.10 bits per heavy atom. The first-order valence-corrected chi connectivity index (χ1v) is 10.9. The molecule has 5 heteroatoms. The smallest absolute Gasteiger partial charge is 0.154 e. The Kier molecular flexibility index (Phi) is 10.9. The highest BCUT2D eigenvalue weighted by Crippen LogP contribution is 2.62. The number of ether oxygens (including phenoxy) is 2. The fourth-order valence-electron chi connectivity index (χ4n) is 4.38. The molecule has 0 amide bonds. The van der Waals surface area contributed by atoms with Crippen LogP contribution in [0.15, 0.2) is 36.4 Å². The van der Waals surface area contributed by atoms with Crippen LogP contribution in [0.1, 0.15) is 59.9 Å². The van der Waals surface area contributed by atoms with Gasteiger partial charge in [0.15, 0.2) is 6.29 Å². The SMILES string of the molecule is CC1(C)C2CC(O)C(C)(O)C1C2.CCOC(C)OCC.O=C/C=C/c1ccccc1. The van der Waals surface area contributed by atoms with Gasteiger partial charge in [-0.25, -0.2) is 0 Å². The third-order valence-corrected chi connectivity index (χ3v) is 6.33. The van der Waals surface area contributed by atoms with Gasteiger partial charge in [-0.2, -0.15) is 0 Å². The Bertz CT molecular complexity index is 632. The van der Waals surface area contributed by atoms with Crippen LogP contribution in [0.25, 0.3) is 6.08 Å². The van der Waals surface area contributed by atoms with Crippen molar-refractivity contribution in [3.63, 3.8) is 0 Å². The van der Waals surface area contributed by atoms with E-state index in [1.807, 2.05) is 51.1 Å². The molecule has 3 fully saturated rings. The van der Waals surface area contributed by atoms with E-state index in [0.29, 0.717) is 11.8 Å². The van der Waals surface area contributed by atoms with Crippen LogP contribution < -0.4 is 0 Å². The molecule has 4 unspecified atom stereocenters. The van der Waals surface area contributed by atoms with Crippen molar-refractivity contribution >= 4 is 12.4 Å². The monoisotopic (exact) mass is 420 g/mol. The van der Waals surface area contributed by atoms with Gasteiger partial charge in [-0.1, -0.05) is 50.3 Å². The van der Waals surface area contributed by atoms with Crippen molar-refractivity contribution in [2.45, 2.75) is 72.4 Å². The normalized spacial score (nSPS) is 28.6. The van der Waals surface area contributed by atoms with E-state index in [9.17, 15) is 15.0 Å². The molecule has 170 valence electrons. The van der Waals surface area contributed by atoms with Crippen molar-refractivity contribution in [2.75, 3.05) is 13.2 Å². The van der Waals surface area contributed by atoms with Gasteiger partial charge in [0.1, 0.15) is 6.29 Å². The van der Waals surface area contributed by atoms with Crippen molar-refractivity contribution < 1.29 is 24.5 Å². The number of fused-ring (bicyclic) bond motifs is 2. The molecule has 1 aromatic carbocycles. The van der Waals surface area contributed by atoms with Crippen LogP contribution in [-0.4, -0.2) is 47.7 Å². The van der Waals surface area contributed by atoms with Gasteiger partial charge in [0.05, 0.1) is 11.7 Å². The molecule has 0 radical (unpaired) electrons. The second kappa shape index (κ2) is 12.4. The molecule has 0 aliphatic heterocycles. The Balaban J connectivity index is 0.000000231. The minimum atomic E-state index is -0.849. The third-order valence-electron chi connectivity index (χ3n) is 6.33. The lowest BCUT2D eigenvalue weighted by molar-refractivity contribution is -0.245. The van der Waals surface area contributed by atoms with Crippen LogP contribution in [0.2, 0.25) is 0 Å². The summed E-state index contributed by atoms with van der Waals surface area (Å²) in [5, 5.41) is 19.7. The molecule has 4 atom stereocenters. The fourth-order valence-corrected chi connectivity index (χ4v) is 4.38. The van der Waals surface area contributed by atoms with Crippen molar-refractivity contribution in [3.05, 3.63) is 42.0 Å². The number of carbonyl (C=O) groups excluding carboxylic acids is 1. The third kappa shape index (κ3) is 7.31. The van der Waals surface area contributed by atoms with E-state index in [2.05, 4.69) is 13.8 Å². The van der Waals surface area contributed by atoms with Gasteiger partial charge in [0.25, 0.3) is 0 Å². The second-order valence-electron chi connectivity index (χ2n) is 8.67. The zero-order chi connectivity index (χ0) is 22.8. The molecular formula is C25H40O5. The summed E-state index contributed by atoms with van der Waals surface area (Å²) in [5.41, 5.74) is 0.440. The van der Waals surface area contributed by atoms with Crippen LogP contribution in [0.5, 0.6) is 0 Å². The maximum Gasteiger partial charge on any atom is 0.154 e. The van der Waals surface area contributed by atoms with E-state index in [4.69, 9.17) is 9.47 Å². The maximum absolute atomic E-state index is 10.0. The first-order valence-electron chi connectivity index (χ1n) is 10.9. The van der Waals surface area contributed by atoms with Crippen molar-refractivity contribution in [1.29, 1.82) is 0 Å². The Hall–Kier alpha value is -1.53. The molecule has 0 aromatic heterocycles. The van der Waals surface area contributed by atoms with E-state index in [1.165, 1.54) is 6.08 Å². The van der Waals surface area contributed by atoms with Gasteiger partial charge in [-0.05, 0) is 69.4 Å². The number of aliphatic hydroxyl groups excluding tert-OH is 1. The van der Waals surface area contributed by atoms with Gasteiger partial charge in [-0.15, -0.1) is 0 Å². The van der Waals surface area contributed by atoms with Crippen LogP contribution in [0.3, 0.4) is 0 Å². The van der Waals surface area contributed by atoms with Crippen LogP contribution >= 0.6 is 0 Å². The molecule has 30 heavy (non-hydrogen) atoms. The molecule has 0 heterocycles. The zero-order valence-corrected chi connectivity index (χ0v) is 19.4. The summed E-state index contributed by atoms with van der Waals surface area (Å²) in [6.45, 7) is 13.4. The summed E-state index contributed by atoms with van der Waals surface area (Å²) in [4.78, 5) is 9.89. The lowest BCUT2D eigenvalue weighted by Crippen LogP contribution is -2.66. The van der Waals surface area contributed by atoms with Crippen LogP contribution in [-0.2, 0) is 14.3 Å². The molecule has 4 rings (SSSR count). The number of carbonyl (C=O) groups is 1. The van der Waals surface area contributed by atoms with Crippen molar-refractivity contribution in [1.82, 2.24) is 0 Å². The molecular weight excluding hydrogens is 380 g/mol. The zero-order valence-electron chi connectivity index (χ0n) is 19.4. The number of hydrogen-bond donors (Lipinski definition) is 2. The summed E-state index contributed by atoms with van der Waals surface area (Å²) in [7, 11) is 0. The fraction of sp³-hybridized carbons (Fsp3) is 0.640. The van der Waals surface area contributed by atoms with E-state index in [1.54, 1.807) is 13.0 Å². The highest BCUT2D eigenvalue weighted by Gasteiger charge is 2.62. The summed E-state index contributed by atoms with van der Waals surface area (Å²) in [6.07, 6.45) is 5.35. The highest BCUT2D eigenvalue weighted by molar-refractivity contribution is 5.73. The van der Waals surface area contributed by atoms with E-state index in [-0.39, 0.29) is 11.7 Å². The van der Waals surface area contributed by atoms with Crippen molar-refractivity contribution in [2.24, 2.45) is 17.3 Å². The van der Waals surface area contributed by atoms with Crippen molar-refractivity contribution in [3.8, 4) is 0 Å². The van der Waals surface area contributed by atoms with Gasteiger partial charge >= 0.3 is 0 Å². The van der Waals surface area contributed by atoms with Gasteiger partial charge in [0, 0.05) is 13.2 Å². The quantitative estimate of drug-likeness (QED) is 0.403.